The van der Waals surface area contributed by atoms with E-state index in [1.165, 1.54) is 12.1 Å². The van der Waals surface area contributed by atoms with Gasteiger partial charge < -0.3 is 14.2 Å². The Balaban J connectivity index is 1.95. The Hall–Kier alpha value is -1.66. The van der Waals surface area contributed by atoms with Crippen molar-refractivity contribution in [3.8, 4) is 11.5 Å². The van der Waals surface area contributed by atoms with E-state index in [4.69, 9.17) is 4.74 Å². The topological polar surface area (TPSA) is 34.5 Å². The number of rotatable bonds is 3. The quantitative estimate of drug-likeness (QED) is 0.753. The average Bonchev–Trinajstić information content (AvgIpc) is 2.53. The summed E-state index contributed by atoms with van der Waals surface area (Å²) in [6, 6.07) is 4.61. The monoisotopic (exact) mass is 408 g/mol. The minimum absolute atomic E-state index is 0.0404. The molecule has 0 saturated carbocycles. The van der Waals surface area contributed by atoms with Gasteiger partial charge in [0, 0.05) is 12.1 Å². The molecular formula is C19H22BrFN2O2. The lowest BCUT2D eigenvalue weighted by atomic mass is 10.1. The highest BCUT2D eigenvalue weighted by molar-refractivity contribution is 9.10. The maximum atomic E-state index is 13.5. The molecule has 0 atom stereocenters. The summed E-state index contributed by atoms with van der Waals surface area (Å²) in [5, 5.41) is 0. The second-order valence-corrected chi connectivity index (χ2v) is 7.59. The van der Waals surface area contributed by atoms with Gasteiger partial charge in [-0.25, -0.2) is 4.39 Å². The molecule has 1 aliphatic rings. The summed E-state index contributed by atoms with van der Waals surface area (Å²) in [5.41, 5.74) is 1.41. The number of nitrogens with zero attached hydrogens (tertiary/aromatic N) is 2. The number of halogens is 2. The Morgan fingerprint density at radius 2 is 1.76 bits per heavy atom. The van der Waals surface area contributed by atoms with Crippen molar-refractivity contribution in [1.29, 1.82) is 0 Å². The number of hydrogen-bond donors (Lipinski definition) is 0. The van der Waals surface area contributed by atoms with Crippen LogP contribution >= 0.6 is 15.9 Å². The lowest BCUT2D eigenvalue weighted by Gasteiger charge is -2.30. The smallest absolute Gasteiger partial charge is 0.252 e. The average molecular weight is 409 g/mol. The van der Waals surface area contributed by atoms with Crippen molar-refractivity contribution in [3.63, 3.8) is 0 Å². The molecule has 2 aromatic rings. The van der Waals surface area contributed by atoms with Gasteiger partial charge in [0.2, 0.25) is 0 Å². The molecule has 0 radical (unpaired) electrons. The summed E-state index contributed by atoms with van der Waals surface area (Å²) in [5.74, 6) is 0.907. The van der Waals surface area contributed by atoms with Gasteiger partial charge >= 0.3 is 0 Å². The Morgan fingerprint density at radius 3 is 2.36 bits per heavy atom. The third kappa shape index (κ3) is 3.96. The molecule has 0 aliphatic carbocycles. The molecule has 6 heteroatoms. The van der Waals surface area contributed by atoms with E-state index in [0.29, 0.717) is 16.0 Å². The first kappa shape index (κ1) is 18.1. The van der Waals surface area contributed by atoms with Crippen molar-refractivity contribution in [2.24, 2.45) is 0 Å². The molecule has 134 valence electrons. The summed E-state index contributed by atoms with van der Waals surface area (Å²) in [6.07, 6.45) is 3.64. The molecule has 4 nitrogen and oxygen atoms in total. The van der Waals surface area contributed by atoms with E-state index >= 15 is 0 Å². The van der Waals surface area contributed by atoms with Gasteiger partial charge in [0.1, 0.15) is 11.6 Å². The van der Waals surface area contributed by atoms with E-state index in [2.05, 4.69) is 27.9 Å². The first-order chi connectivity index (χ1) is 11.8. The van der Waals surface area contributed by atoms with Crippen LogP contribution in [0.25, 0.3) is 0 Å². The van der Waals surface area contributed by atoms with E-state index in [1.807, 2.05) is 13.8 Å². The molecule has 0 amide bonds. The molecule has 2 heterocycles. The Bertz CT molecular complexity index is 819. The lowest BCUT2D eigenvalue weighted by molar-refractivity contribution is 0.218. The van der Waals surface area contributed by atoms with Crippen LogP contribution in [-0.2, 0) is 0 Å². The maximum absolute atomic E-state index is 13.5. The van der Waals surface area contributed by atoms with Gasteiger partial charge in [-0.2, -0.15) is 0 Å². The SMILES string of the molecule is Cc1cc(F)cc(C)c1Oc1cn(C2CCN(C)CC2)c(=O)cc1Br. The second kappa shape index (κ2) is 7.30. The van der Waals surface area contributed by atoms with E-state index in [-0.39, 0.29) is 17.4 Å². The minimum Gasteiger partial charge on any atom is -0.454 e. The first-order valence-electron chi connectivity index (χ1n) is 8.40. The van der Waals surface area contributed by atoms with Crippen molar-refractivity contribution in [2.45, 2.75) is 32.7 Å². The van der Waals surface area contributed by atoms with Crippen LogP contribution < -0.4 is 10.3 Å². The van der Waals surface area contributed by atoms with Crippen LogP contribution in [0.1, 0.15) is 30.0 Å². The summed E-state index contributed by atoms with van der Waals surface area (Å²) >= 11 is 3.42. The van der Waals surface area contributed by atoms with Gasteiger partial charge in [-0.05, 0) is 86.0 Å². The molecule has 1 aromatic heterocycles. The van der Waals surface area contributed by atoms with Crippen LogP contribution in [0.5, 0.6) is 11.5 Å². The molecule has 1 aliphatic heterocycles. The van der Waals surface area contributed by atoms with Crippen LogP contribution in [0.2, 0.25) is 0 Å². The van der Waals surface area contributed by atoms with Crippen LogP contribution in [0.3, 0.4) is 0 Å². The van der Waals surface area contributed by atoms with E-state index in [9.17, 15) is 9.18 Å². The zero-order chi connectivity index (χ0) is 18.1. The molecular weight excluding hydrogens is 387 g/mol. The van der Waals surface area contributed by atoms with Crippen molar-refractivity contribution < 1.29 is 9.13 Å². The number of piperidine rings is 1. The molecule has 1 saturated heterocycles. The predicted octanol–water partition coefficient (Wildman–Crippen LogP) is 4.43. The molecule has 0 N–H and O–H groups in total. The maximum Gasteiger partial charge on any atom is 0.252 e. The molecule has 0 bridgehead atoms. The molecule has 0 unspecified atom stereocenters. The summed E-state index contributed by atoms with van der Waals surface area (Å²) in [7, 11) is 2.09. The van der Waals surface area contributed by atoms with Crippen molar-refractivity contribution >= 4 is 15.9 Å². The van der Waals surface area contributed by atoms with Crippen LogP contribution in [0, 0.1) is 19.7 Å². The highest BCUT2D eigenvalue weighted by Gasteiger charge is 2.21. The fraction of sp³-hybridized carbons (Fsp3) is 0.421. The van der Waals surface area contributed by atoms with E-state index in [0.717, 1.165) is 37.1 Å². The molecule has 1 aromatic carbocycles. The number of likely N-dealkylation sites (tertiary alicyclic amines) is 1. The number of benzene rings is 1. The van der Waals surface area contributed by atoms with Gasteiger partial charge in [0.25, 0.3) is 5.56 Å². The summed E-state index contributed by atoms with van der Waals surface area (Å²) in [6.45, 7) is 5.57. The van der Waals surface area contributed by atoms with Crippen LogP contribution in [0.15, 0.2) is 33.7 Å². The van der Waals surface area contributed by atoms with Gasteiger partial charge in [0.05, 0.1) is 10.7 Å². The normalized spacial score (nSPS) is 16.2. The number of aryl methyl sites for hydroxylation is 2. The Labute approximate surface area is 155 Å². The van der Waals surface area contributed by atoms with Crippen molar-refractivity contribution in [3.05, 3.63) is 56.2 Å². The molecule has 25 heavy (non-hydrogen) atoms. The zero-order valence-electron chi connectivity index (χ0n) is 14.7. The first-order valence-corrected chi connectivity index (χ1v) is 9.19. The van der Waals surface area contributed by atoms with Gasteiger partial charge in [-0.15, -0.1) is 0 Å². The number of aromatic nitrogens is 1. The molecule has 3 rings (SSSR count). The van der Waals surface area contributed by atoms with Crippen LogP contribution in [0.4, 0.5) is 4.39 Å². The van der Waals surface area contributed by atoms with Gasteiger partial charge in [0.15, 0.2) is 5.75 Å². The van der Waals surface area contributed by atoms with Gasteiger partial charge in [-0.3, -0.25) is 4.79 Å². The van der Waals surface area contributed by atoms with E-state index in [1.54, 1.807) is 16.8 Å². The fourth-order valence-electron chi connectivity index (χ4n) is 3.31. The van der Waals surface area contributed by atoms with Crippen molar-refractivity contribution in [1.82, 2.24) is 9.47 Å². The fourth-order valence-corrected chi connectivity index (χ4v) is 3.69. The number of hydrogen-bond acceptors (Lipinski definition) is 3. The zero-order valence-corrected chi connectivity index (χ0v) is 16.3. The standard InChI is InChI=1S/C19H22BrFN2O2/c1-12-8-14(21)9-13(2)19(12)25-17-11-23(18(24)10-16(17)20)15-4-6-22(3)7-5-15/h8-11,15H,4-7H2,1-3H3. The highest BCUT2D eigenvalue weighted by Crippen LogP contribution is 2.34. The summed E-state index contributed by atoms with van der Waals surface area (Å²) in [4.78, 5) is 14.7. The Morgan fingerprint density at radius 1 is 1.16 bits per heavy atom. The van der Waals surface area contributed by atoms with Gasteiger partial charge in [-0.1, -0.05) is 0 Å². The minimum atomic E-state index is -0.280. The number of ether oxygens (including phenoxy) is 1. The third-order valence-corrected chi connectivity index (χ3v) is 5.33. The molecule has 0 spiro atoms. The second-order valence-electron chi connectivity index (χ2n) is 6.74. The predicted molar refractivity (Wildman–Crippen MR) is 100 cm³/mol. The van der Waals surface area contributed by atoms with E-state index < -0.39 is 0 Å². The van der Waals surface area contributed by atoms with Crippen molar-refractivity contribution in [2.75, 3.05) is 20.1 Å². The Kier molecular flexibility index (Phi) is 5.29. The third-order valence-electron chi connectivity index (χ3n) is 4.72. The largest absolute Gasteiger partial charge is 0.454 e. The highest BCUT2D eigenvalue weighted by atomic mass is 79.9. The summed E-state index contributed by atoms with van der Waals surface area (Å²) < 4.78 is 21.9. The van der Waals surface area contributed by atoms with Crippen LogP contribution in [-0.4, -0.2) is 29.6 Å². The number of pyridine rings is 1. The lowest BCUT2D eigenvalue weighted by Crippen LogP contribution is -2.35. The molecule has 1 fully saturated rings.